The fourth-order valence-corrected chi connectivity index (χ4v) is 4.20. The highest BCUT2D eigenvalue weighted by Crippen LogP contribution is 2.24. The number of nitro groups is 1. The van der Waals surface area contributed by atoms with Gasteiger partial charge in [0.2, 0.25) is 5.91 Å². The standard InChI is InChI=1S/C22H26N4O6/c27-21(23-15-18(19-6-5-13-31-19)24-10-2-1-3-11-24)7-4-12-25-17-9-8-16(26(29)30)14-20(17)32-22(25)28/h5-6,8-9,13-14,18H,1-4,7,10-12,15H2,(H,23,27). The summed E-state index contributed by atoms with van der Waals surface area (Å²) in [6.07, 6.45) is 5.84. The van der Waals surface area contributed by atoms with E-state index >= 15 is 0 Å². The van der Waals surface area contributed by atoms with E-state index in [-0.39, 0.29) is 36.2 Å². The van der Waals surface area contributed by atoms with Gasteiger partial charge in [0.1, 0.15) is 5.76 Å². The van der Waals surface area contributed by atoms with E-state index in [0.717, 1.165) is 31.7 Å². The lowest BCUT2D eigenvalue weighted by Gasteiger charge is -2.33. The zero-order valence-electron chi connectivity index (χ0n) is 17.7. The molecule has 1 N–H and O–H groups in total. The molecule has 1 aliphatic rings. The van der Waals surface area contributed by atoms with Gasteiger partial charge in [0, 0.05) is 25.6 Å². The third-order valence-electron chi connectivity index (χ3n) is 5.84. The van der Waals surface area contributed by atoms with Crippen molar-refractivity contribution in [2.45, 2.75) is 44.7 Å². The number of aryl methyl sites for hydroxylation is 1. The minimum atomic E-state index is -0.594. The van der Waals surface area contributed by atoms with E-state index in [0.29, 0.717) is 18.5 Å². The van der Waals surface area contributed by atoms with Gasteiger partial charge >= 0.3 is 5.76 Å². The molecule has 1 atom stereocenters. The lowest BCUT2D eigenvalue weighted by atomic mass is 10.1. The molecule has 1 aliphatic heterocycles. The number of hydrogen-bond donors (Lipinski definition) is 1. The zero-order chi connectivity index (χ0) is 22.5. The first-order valence-electron chi connectivity index (χ1n) is 10.8. The van der Waals surface area contributed by atoms with Gasteiger partial charge in [-0.05, 0) is 50.6 Å². The van der Waals surface area contributed by atoms with Crippen LogP contribution in [0.1, 0.15) is 43.9 Å². The summed E-state index contributed by atoms with van der Waals surface area (Å²) in [6.45, 7) is 2.71. The molecule has 1 unspecified atom stereocenters. The van der Waals surface area contributed by atoms with Crippen LogP contribution < -0.4 is 11.1 Å². The molecule has 0 radical (unpaired) electrons. The van der Waals surface area contributed by atoms with Gasteiger partial charge in [0.05, 0.1) is 28.8 Å². The highest BCUT2D eigenvalue weighted by Gasteiger charge is 2.25. The smallest absolute Gasteiger partial charge is 0.419 e. The molecule has 3 aromatic rings. The number of nitrogens with zero attached hydrogens (tertiary/aromatic N) is 3. The fraction of sp³-hybridized carbons (Fsp3) is 0.455. The maximum Gasteiger partial charge on any atom is 0.419 e. The number of rotatable bonds is 9. The molecule has 1 saturated heterocycles. The van der Waals surface area contributed by atoms with E-state index in [9.17, 15) is 19.7 Å². The average molecular weight is 442 g/mol. The molecule has 0 aliphatic carbocycles. The van der Waals surface area contributed by atoms with Crippen LogP contribution in [0.5, 0.6) is 0 Å². The first-order valence-corrected chi connectivity index (χ1v) is 10.8. The molecule has 10 nitrogen and oxygen atoms in total. The SMILES string of the molecule is O=C(CCCn1c(=O)oc2cc([N+](=O)[O-])ccc21)NCC(c1ccco1)N1CCCCC1. The second kappa shape index (κ2) is 9.82. The molecule has 4 rings (SSSR count). The maximum absolute atomic E-state index is 12.5. The number of furan rings is 1. The number of aromatic nitrogens is 1. The molecule has 170 valence electrons. The Kier molecular flexibility index (Phi) is 6.69. The molecule has 0 spiro atoms. The quantitative estimate of drug-likeness (QED) is 0.398. The minimum absolute atomic E-state index is 0.00507. The highest BCUT2D eigenvalue weighted by atomic mass is 16.6. The molecular weight excluding hydrogens is 416 g/mol. The lowest BCUT2D eigenvalue weighted by Crippen LogP contribution is -2.40. The van der Waals surface area contributed by atoms with Crippen LogP contribution in [-0.4, -0.2) is 39.9 Å². The Morgan fingerprint density at radius 3 is 2.75 bits per heavy atom. The molecule has 1 aromatic carbocycles. The Balaban J connectivity index is 1.32. The Bertz CT molecular complexity index is 1130. The van der Waals surface area contributed by atoms with Crippen molar-refractivity contribution in [3.8, 4) is 0 Å². The Morgan fingerprint density at radius 2 is 2.03 bits per heavy atom. The van der Waals surface area contributed by atoms with Crippen LogP contribution in [0.3, 0.4) is 0 Å². The Morgan fingerprint density at radius 1 is 1.22 bits per heavy atom. The topological polar surface area (TPSA) is 124 Å². The third kappa shape index (κ3) is 4.91. The van der Waals surface area contributed by atoms with Crippen LogP contribution in [0.15, 0.2) is 50.2 Å². The summed E-state index contributed by atoms with van der Waals surface area (Å²) in [5, 5.41) is 13.9. The van der Waals surface area contributed by atoms with Crippen molar-refractivity contribution in [2.24, 2.45) is 0 Å². The number of nitrogens with one attached hydrogen (secondary N) is 1. The van der Waals surface area contributed by atoms with Crippen LogP contribution in [0.4, 0.5) is 5.69 Å². The van der Waals surface area contributed by atoms with Gasteiger partial charge in [0.15, 0.2) is 5.58 Å². The summed E-state index contributed by atoms with van der Waals surface area (Å²) >= 11 is 0. The molecule has 3 heterocycles. The normalized spacial score (nSPS) is 15.6. The van der Waals surface area contributed by atoms with Gasteiger partial charge in [-0.1, -0.05) is 6.42 Å². The summed E-state index contributed by atoms with van der Waals surface area (Å²) in [6, 6.07) is 7.85. The summed E-state index contributed by atoms with van der Waals surface area (Å²) < 4.78 is 12.1. The van der Waals surface area contributed by atoms with Crippen LogP contribution in [0, 0.1) is 10.1 Å². The number of nitro benzene ring substituents is 1. The number of fused-ring (bicyclic) bond motifs is 1. The summed E-state index contributed by atoms with van der Waals surface area (Å²) in [5.41, 5.74) is 0.498. The summed E-state index contributed by atoms with van der Waals surface area (Å²) in [7, 11) is 0. The van der Waals surface area contributed by atoms with Crippen molar-refractivity contribution >= 4 is 22.7 Å². The lowest BCUT2D eigenvalue weighted by molar-refractivity contribution is -0.384. The van der Waals surface area contributed by atoms with Crippen molar-refractivity contribution in [2.75, 3.05) is 19.6 Å². The van der Waals surface area contributed by atoms with Gasteiger partial charge in [-0.25, -0.2) is 4.79 Å². The fourth-order valence-electron chi connectivity index (χ4n) is 4.20. The van der Waals surface area contributed by atoms with Crippen molar-refractivity contribution in [1.82, 2.24) is 14.8 Å². The second-order valence-electron chi connectivity index (χ2n) is 7.96. The van der Waals surface area contributed by atoms with Gasteiger partial charge in [-0.2, -0.15) is 0 Å². The van der Waals surface area contributed by atoms with E-state index in [1.807, 2.05) is 12.1 Å². The number of oxazole rings is 1. The predicted molar refractivity (Wildman–Crippen MR) is 116 cm³/mol. The van der Waals surface area contributed by atoms with Gasteiger partial charge in [-0.3, -0.25) is 24.4 Å². The monoisotopic (exact) mass is 442 g/mol. The van der Waals surface area contributed by atoms with Crippen LogP contribution >= 0.6 is 0 Å². The molecule has 0 bridgehead atoms. The van der Waals surface area contributed by atoms with E-state index in [4.69, 9.17) is 8.83 Å². The van der Waals surface area contributed by atoms with Crippen LogP contribution in [0.25, 0.3) is 11.1 Å². The average Bonchev–Trinajstić information content (AvgIpc) is 3.42. The molecule has 2 aromatic heterocycles. The largest absolute Gasteiger partial charge is 0.468 e. The molecular formula is C22H26N4O6. The van der Waals surface area contributed by atoms with Crippen LogP contribution in [-0.2, 0) is 11.3 Å². The second-order valence-corrected chi connectivity index (χ2v) is 7.96. The molecule has 10 heteroatoms. The summed E-state index contributed by atoms with van der Waals surface area (Å²) in [4.78, 5) is 37.3. The van der Waals surface area contributed by atoms with Crippen molar-refractivity contribution in [3.63, 3.8) is 0 Å². The minimum Gasteiger partial charge on any atom is -0.468 e. The van der Waals surface area contributed by atoms with E-state index in [2.05, 4.69) is 10.2 Å². The molecule has 1 fully saturated rings. The maximum atomic E-state index is 12.5. The Labute approximate surface area is 183 Å². The first-order chi connectivity index (χ1) is 15.5. The van der Waals surface area contributed by atoms with E-state index < -0.39 is 10.7 Å². The first kappa shape index (κ1) is 21.8. The number of benzene rings is 1. The van der Waals surface area contributed by atoms with Gasteiger partial charge in [-0.15, -0.1) is 0 Å². The molecule has 32 heavy (non-hydrogen) atoms. The molecule has 1 amide bonds. The van der Waals surface area contributed by atoms with Gasteiger partial charge < -0.3 is 14.2 Å². The highest BCUT2D eigenvalue weighted by molar-refractivity contribution is 5.76. The number of non-ortho nitro benzene ring substituents is 1. The zero-order valence-corrected chi connectivity index (χ0v) is 17.7. The van der Waals surface area contributed by atoms with Crippen molar-refractivity contribution < 1.29 is 18.6 Å². The van der Waals surface area contributed by atoms with Crippen molar-refractivity contribution in [3.05, 3.63) is 63.0 Å². The number of piperidine rings is 1. The van der Waals surface area contributed by atoms with E-state index in [1.54, 1.807) is 6.26 Å². The number of carbonyl (C=O) groups is 1. The third-order valence-corrected chi connectivity index (χ3v) is 5.84. The number of hydrogen-bond acceptors (Lipinski definition) is 7. The Hall–Kier alpha value is -3.40. The number of amides is 1. The summed E-state index contributed by atoms with van der Waals surface area (Å²) in [5.74, 6) is 0.150. The number of likely N-dealkylation sites (tertiary alicyclic amines) is 1. The van der Waals surface area contributed by atoms with Gasteiger partial charge in [0.25, 0.3) is 5.69 Å². The predicted octanol–water partition coefficient (Wildman–Crippen LogP) is 3.22. The molecule has 0 saturated carbocycles. The van der Waals surface area contributed by atoms with Crippen molar-refractivity contribution in [1.29, 1.82) is 0 Å². The van der Waals surface area contributed by atoms with Crippen LogP contribution in [0.2, 0.25) is 0 Å². The number of carbonyl (C=O) groups excluding carboxylic acids is 1. The van der Waals surface area contributed by atoms with E-state index in [1.165, 1.54) is 29.2 Å².